The Labute approximate surface area is 141 Å². The van der Waals surface area contributed by atoms with E-state index in [2.05, 4.69) is 49.4 Å². The lowest BCUT2D eigenvalue weighted by molar-refractivity contribution is -0.122. The Kier molecular flexibility index (Phi) is 4.79. The van der Waals surface area contributed by atoms with Gasteiger partial charge in [-0.25, -0.2) is 0 Å². The summed E-state index contributed by atoms with van der Waals surface area (Å²) in [6, 6.07) is 8.25. The first-order chi connectivity index (χ1) is 10.6. The summed E-state index contributed by atoms with van der Waals surface area (Å²) in [5, 5.41) is 0. The van der Waals surface area contributed by atoms with E-state index in [-0.39, 0.29) is 5.91 Å². The molecule has 1 aliphatic carbocycles. The number of thioether (sulfide) groups is 1. The Morgan fingerprint density at radius 1 is 1.32 bits per heavy atom. The number of hydrogen-bond acceptors (Lipinski definition) is 3. The quantitative estimate of drug-likeness (QED) is 0.459. The van der Waals surface area contributed by atoms with Gasteiger partial charge in [-0.2, -0.15) is 0 Å². The summed E-state index contributed by atoms with van der Waals surface area (Å²) >= 11 is 6.84. The third-order valence-corrected chi connectivity index (χ3v) is 5.43. The first kappa shape index (κ1) is 15.5. The van der Waals surface area contributed by atoms with Gasteiger partial charge in [0, 0.05) is 0 Å². The lowest BCUT2D eigenvalue weighted by Gasteiger charge is -2.15. The fourth-order valence-corrected chi connectivity index (χ4v) is 4.03. The second-order valence-electron chi connectivity index (χ2n) is 5.82. The lowest BCUT2D eigenvalue weighted by atomic mass is 9.94. The molecule has 1 heterocycles. The maximum atomic E-state index is 12.6. The monoisotopic (exact) mass is 329 g/mol. The van der Waals surface area contributed by atoms with Gasteiger partial charge in [0.15, 0.2) is 0 Å². The van der Waals surface area contributed by atoms with E-state index in [1.165, 1.54) is 17.3 Å². The molecule has 0 N–H and O–H groups in total. The number of nitrogens with zero attached hydrogens (tertiary/aromatic N) is 1. The van der Waals surface area contributed by atoms with Gasteiger partial charge in [0.05, 0.1) is 11.4 Å². The highest BCUT2D eigenvalue weighted by Gasteiger charge is 2.32. The zero-order valence-corrected chi connectivity index (χ0v) is 14.3. The fraction of sp³-hybridized carbons (Fsp3) is 0.333. The number of carbonyl (C=O) groups is 1. The van der Waals surface area contributed by atoms with Gasteiger partial charge in [-0.05, 0) is 37.7 Å². The molecule has 1 fully saturated rings. The summed E-state index contributed by atoms with van der Waals surface area (Å²) in [7, 11) is 0. The Balaban J connectivity index is 1.72. The van der Waals surface area contributed by atoms with Crippen LogP contribution in [0.4, 0.5) is 0 Å². The molecule has 22 heavy (non-hydrogen) atoms. The van der Waals surface area contributed by atoms with E-state index < -0.39 is 0 Å². The standard InChI is InChI=1S/C18H19NOS2/c1-13-7-9-15(10-8-13)12-19-17(20)16(22-18(19)21)11-14-5-3-2-4-6-14/h2-3,7-11,14H,4-6,12H2,1H3. The van der Waals surface area contributed by atoms with Gasteiger partial charge in [-0.15, -0.1) is 0 Å². The smallest absolute Gasteiger partial charge is 0.266 e. The number of thiocarbonyl (C=S) groups is 1. The fourth-order valence-electron chi connectivity index (χ4n) is 2.71. The molecule has 0 saturated carbocycles. The summed E-state index contributed by atoms with van der Waals surface area (Å²) in [4.78, 5) is 15.1. The van der Waals surface area contributed by atoms with Gasteiger partial charge in [0.2, 0.25) is 0 Å². The second-order valence-corrected chi connectivity index (χ2v) is 7.50. The third-order valence-electron chi connectivity index (χ3n) is 4.03. The first-order valence-electron chi connectivity index (χ1n) is 7.59. The number of carbonyl (C=O) groups excluding carboxylic acids is 1. The van der Waals surface area contributed by atoms with E-state index >= 15 is 0 Å². The maximum absolute atomic E-state index is 12.6. The Morgan fingerprint density at radius 3 is 2.77 bits per heavy atom. The van der Waals surface area contributed by atoms with Crippen molar-refractivity contribution in [1.29, 1.82) is 0 Å². The minimum absolute atomic E-state index is 0.0603. The molecule has 1 atom stereocenters. The van der Waals surface area contributed by atoms with E-state index in [1.807, 2.05) is 0 Å². The highest BCUT2D eigenvalue weighted by atomic mass is 32.2. The molecule has 0 radical (unpaired) electrons. The van der Waals surface area contributed by atoms with Gasteiger partial charge in [0.1, 0.15) is 4.32 Å². The Morgan fingerprint density at radius 2 is 2.09 bits per heavy atom. The summed E-state index contributed by atoms with van der Waals surface area (Å²) in [6.45, 7) is 2.62. The molecule has 1 unspecified atom stereocenters. The molecular weight excluding hydrogens is 310 g/mol. The number of amides is 1. The van der Waals surface area contributed by atoms with Crippen molar-refractivity contribution in [1.82, 2.24) is 4.90 Å². The molecule has 1 amide bonds. The zero-order chi connectivity index (χ0) is 15.5. The van der Waals surface area contributed by atoms with E-state index in [4.69, 9.17) is 12.2 Å². The van der Waals surface area contributed by atoms with Crippen LogP contribution < -0.4 is 0 Å². The average Bonchev–Trinajstić information content (AvgIpc) is 2.78. The summed E-state index contributed by atoms with van der Waals surface area (Å²) in [6.07, 6.45) is 9.80. The zero-order valence-electron chi connectivity index (χ0n) is 12.6. The number of hydrogen-bond donors (Lipinski definition) is 0. The summed E-state index contributed by atoms with van der Waals surface area (Å²) in [5.74, 6) is 0.531. The molecule has 0 aromatic heterocycles. The van der Waals surface area contributed by atoms with Gasteiger partial charge in [0.25, 0.3) is 5.91 Å². The van der Waals surface area contributed by atoms with Crippen LogP contribution >= 0.6 is 24.0 Å². The Bertz CT molecular complexity index is 646. The number of allylic oxidation sites excluding steroid dienone is 3. The lowest BCUT2D eigenvalue weighted by Crippen LogP contribution is -2.27. The average molecular weight is 329 g/mol. The summed E-state index contributed by atoms with van der Waals surface area (Å²) < 4.78 is 0.670. The minimum atomic E-state index is 0.0603. The van der Waals surface area contributed by atoms with Crippen molar-refractivity contribution in [2.75, 3.05) is 0 Å². The topological polar surface area (TPSA) is 20.3 Å². The van der Waals surface area contributed by atoms with E-state index in [9.17, 15) is 4.79 Å². The van der Waals surface area contributed by atoms with Crippen LogP contribution in [0, 0.1) is 12.8 Å². The molecule has 1 aromatic rings. The molecule has 1 aliphatic heterocycles. The highest BCUT2D eigenvalue weighted by molar-refractivity contribution is 8.26. The first-order valence-corrected chi connectivity index (χ1v) is 8.82. The van der Waals surface area contributed by atoms with Gasteiger partial charge >= 0.3 is 0 Å². The van der Waals surface area contributed by atoms with Crippen molar-refractivity contribution in [3.8, 4) is 0 Å². The maximum Gasteiger partial charge on any atom is 0.266 e. The van der Waals surface area contributed by atoms with Crippen LogP contribution in [0.1, 0.15) is 30.4 Å². The van der Waals surface area contributed by atoms with Gasteiger partial charge < -0.3 is 0 Å². The predicted octanol–water partition coefficient (Wildman–Crippen LogP) is 4.60. The Hall–Kier alpha value is -1.39. The van der Waals surface area contributed by atoms with Crippen LogP contribution in [0.15, 0.2) is 47.4 Å². The minimum Gasteiger partial charge on any atom is -0.288 e. The molecule has 0 spiro atoms. The number of rotatable bonds is 3. The molecule has 2 aliphatic rings. The SMILES string of the molecule is Cc1ccc(CN2C(=O)C(=CC3CC=CCC3)SC2=S)cc1. The largest absolute Gasteiger partial charge is 0.288 e. The van der Waals surface area contributed by atoms with Crippen molar-refractivity contribution in [3.05, 3.63) is 58.5 Å². The van der Waals surface area contributed by atoms with Crippen LogP contribution in [0.5, 0.6) is 0 Å². The molecule has 4 heteroatoms. The van der Waals surface area contributed by atoms with Crippen molar-refractivity contribution < 1.29 is 4.79 Å². The molecule has 1 saturated heterocycles. The predicted molar refractivity (Wildman–Crippen MR) is 96.5 cm³/mol. The van der Waals surface area contributed by atoms with Crippen LogP contribution in [-0.2, 0) is 11.3 Å². The van der Waals surface area contributed by atoms with E-state index in [0.717, 1.165) is 29.7 Å². The molecule has 1 aromatic carbocycles. The van der Waals surface area contributed by atoms with Crippen molar-refractivity contribution >= 4 is 34.2 Å². The summed E-state index contributed by atoms with van der Waals surface area (Å²) in [5.41, 5.74) is 2.34. The van der Waals surface area contributed by atoms with Crippen LogP contribution in [-0.4, -0.2) is 15.1 Å². The van der Waals surface area contributed by atoms with Crippen molar-refractivity contribution in [2.45, 2.75) is 32.7 Å². The third kappa shape index (κ3) is 3.50. The van der Waals surface area contributed by atoms with Gasteiger partial charge in [-0.1, -0.05) is 72.0 Å². The molecule has 0 bridgehead atoms. The van der Waals surface area contributed by atoms with Crippen LogP contribution in [0.2, 0.25) is 0 Å². The second kappa shape index (κ2) is 6.80. The molecule has 2 nitrogen and oxygen atoms in total. The molecule has 3 rings (SSSR count). The van der Waals surface area contributed by atoms with Crippen LogP contribution in [0.3, 0.4) is 0 Å². The highest BCUT2D eigenvalue weighted by Crippen LogP contribution is 2.34. The number of benzene rings is 1. The van der Waals surface area contributed by atoms with Crippen LogP contribution in [0.25, 0.3) is 0 Å². The van der Waals surface area contributed by atoms with E-state index in [0.29, 0.717) is 16.8 Å². The van der Waals surface area contributed by atoms with Gasteiger partial charge in [-0.3, -0.25) is 9.69 Å². The normalized spacial score (nSPS) is 23.6. The number of aryl methyl sites for hydroxylation is 1. The molecule has 114 valence electrons. The van der Waals surface area contributed by atoms with Crippen molar-refractivity contribution in [2.24, 2.45) is 5.92 Å². The van der Waals surface area contributed by atoms with E-state index in [1.54, 1.807) is 4.90 Å². The molecular formula is C18H19NOS2. The van der Waals surface area contributed by atoms with Crippen molar-refractivity contribution in [3.63, 3.8) is 0 Å².